The van der Waals surface area contributed by atoms with Gasteiger partial charge >= 0.3 is 11.4 Å². The van der Waals surface area contributed by atoms with Crippen LogP contribution in [0.3, 0.4) is 0 Å². The molecule has 1 unspecified atom stereocenters. The quantitative estimate of drug-likeness (QED) is 0.155. The second-order valence-electron chi connectivity index (χ2n) is 5.92. The Labute approximate surface area is 168 Å². The van der Waals surface area contributed by atoms with Crippen LogP contribution in [-0.4, -0.2) is 35.7 Å². The molecule has 1 atom stereocenters. The van der Waals surface area contributed by atoms with Crippen molar-refractivity contribution in [1.29, 1.82) is 0 Å². The van der Waals surface area contributed by atoms with E-state index in [0.717, 1.165) is 24.3 Å². The minimum Gasteiger partial charge on any atom is -0.860 e. The molecule has 1 aromatic carbocycles. The highest BCUT2D eigenvalue weighted by Crippen LogP contribution is 2.31. The Morgan fingerprint density at radius 1 is 0.903 bits per heavy atom. The molecular formula is C16H14N6O9. The number of aromatic amines is 4. The number of H-pyrrole nitrogens is 4. The summed E-state index contributed by atoms with van der Waals surface area (Å²) in [7, 11) is 0. The lowest BCUT2D eigenvalue weighted by atomic mass is 9.86. The highest BCUT2D eigenvalue weighted by atomic mass is 16.6. The van der Waals surface area contributed by atoms with E-state index in [4.69, 9.17) is 0 Å². The van der Waals surface area contributed by atoms with E-state index in [0.29, 0.717) is 0 Å². The standard InChI is InChI=1S/C16H11N5O9.H3N/c22-10(5-1-3-6(4-2-5)21(29)30)7(8-11(23)17-15(27)18-12(8)24)9-13(25)19-16(28)20-14(9)26;/h1-4,7H,(H3,17,18,23,24,27)(H3,19,20,25,26,28);1H3. The number of Topliss-reactive ketones (excluding diaryl/α,β-unsaturated/α-hetero) is 1. The van der Waals surface area contributed by atoms with Crippen LogP contribution < -0.4 is 33.8 Å². The zero-order valence-corrected chi connectivity index (χ0v) is 15.5. The molecule has 0 aliphatic carbocycles. The predicted octanol–water partition coefficient (Wildman–Crippen LogP) is -1.48. The first-order valence-corrected chi connectivity index (χ1v) is 7.97. The zero-order valence-electron chi connectivity index (χ0n) is 15.5. The van der Waals surface area contributed by atoms with Crippen molar-refractivity contribution in [2.45, 2.75) is 5.92 Å². The van der Waals surface area contributed by atoms with Gasteiger partial charge in [0.05, 0.1) is 16.4 Å². The first-order valence-electron chi connectivity index (χ1n) is 7.97. The third kappa shape index (κ3) is 4.15. The summed E-state index contributed by atoms with van der Waals surface area (Å²) in [5, 5.41) is 33.1. The van der Waals surface area contributed by atoms with Crippen LogP contribution in [0.4, 0.5) is 5.69 Å². The minimum absolute atomic E-state index is 0. The summed E-state index contributed by atoms with van der Waals surface area (Å²) in [4.78, 5) is 77.4. The molecule has 0 aliphatic rings. The van der Waals surface area contributed by atoms with E-state index in [-0.39, 0.29) is 17.4 Å². The van der Waals surface area contributed by atoms with Crippen molar-refractivity contribution >= 4 is 11.5 Å². The third-order valence-corrected chi connectivity index (χ3v) is 4.10. The van der Waals surface area contributed by atoms with Gasteiger partial charge < -0.3 is 21.3 Å². The molecule has 3 rings (SSSR count). The Balaban J connectivity index is 0.00000341. The van der Waals surface area contributed by atoms with Crippen molar-refractivity contribution in [3.05, 3.63) is 92.7 Å². The van der Waals surface area contributed by atoms with Crippen molar-refractivity contribution in [1.82, 2.24) is 26.1 Å². The van der Waals surface area contributed by atoms with Gasteiger partial charge in [-0.3, -0.25) is 39.4 Å². The lowest BCUT2D eigenvalue weighted by Crippen LogP contribution is -2.35. The molecule has 0 bridgehead atoms. The second-order valence-corrected chi connectivity index (χ2v) is 5.92. The van der Waals surface area contributed by atoms with Crippen LogP contribution in [0, 0.1) is 10.1 Å². The minimum atomic E-state index is -2.06. The van der Waals surface area contributed by atoms with E-state index in [1.54, 1.807) is 15.0 Å². The molecule has 0 spiro atoms. The van der Waals surface area contributed by atoms with Gasteiger partial charge in [-0.05, 0) is 18.0 Å². The fourth-order valence-corrected chi connectivity index (χ4v) is 2.81. The first kappa shape index (κ1) is 22.5. The Bertz CT molecular complexity index is 1320. The van der Waals surface area contributed by atoms with Crippen LogP contribution in [0.5, 0.6) is 11.8 Å². The Hall–Kier alpha value is -4.79. The number of ketones is 1. The van der Waals surface area contributed by atoms with E-state index < -0.39 is 62.0 Å². The number of benzene rings is 1. The molecule has 0 radical (unpaired) electrons. The lowest BCUT2D eigenvalue weighted by Gasteiger charge is -2.20. The summed E-state index contributed by atoms with van der Waals surface area (Å²) in [6.45, 7) is 0. The Kier molecular flexibility index (Phi) is 6.02. The molecule has 0 saturated carbocycles. The van der Waals surface area contributed by atoms with Gasteiger partial charge in [0.15, 0.2) is 5.78 Å². The highest BCUT2D eigenvalue weighted by molar-refractivity contribution is 6.03. The lowest BCUT2D eigenvalue weighted by molar-refractivity contribution is -0.384. The number of nitro benzene ring substituents is 1. The number of nitrogens with zero attached hydrogens (tertiary/aromatic N) is 1. The smallest absolute Gasteiger partial charge is 0.328 e. The number of aromatic nitrogens is 4. The SMILES string of the molecule is O=C(c1ccc([N+](=O)[O-])cc1)C(c1c([O-])[nH]c(=O)[nH]c1=O)c1c(O)[nH]c(=O)[nH]c1=O.[NH4+]. The first-order chi connectivity index (χ1) is 14.1. The van der Waals surface area contributed by atoms with Gasteiger partial charge in [-0.15, -0.1) is 0 Å². The van der Waals surface area contributed by atoms with E-state index >= 15 is 0 Å². The van der Waals surface area contributed by atoms with Gasteiger partial charge in [-0.1, -0.05) is 0 Å². The largest absolute Gasteiger partial charge is 0.860 e. The van der Waals surface area contributed by atoms with Crippen molar-refractivity contribution in [3.8, 4) is 11.8 Å². The topological polar surface area (TPSA) is 271 Å². The van der Waals surface area contributed by atoms with Crippen LogP contribution in [0.2, 0.25) is 0 Å². The molecule has 162 valence electrons. The van der Waals surface area contributed by atoms with Crippen molar-refractivity contribution in [2.24, 2.45) is 0 Å². The van der Waals surface area contributed by atoms with Gasteiger partial charge in [0.25, 0.3) is 16.8 Å². The van der Waals surface area contributed by atoms with Crippen LogP contribution in [0.1, 0.15) is 27.4 Å². The number of nitrogens with one attached hydrogen (secondary N) is 4. The van der Waals surface area contributed by atoms with Crippen molar-refractivity contribution in [2.75, 3.05) is 0 Å². The highest BCUT2D eigenvalue weighted by Gasteiger charge is 2.33. The molecular weight excluding hydrogens is 420 g/mol. The number of carbonyl (C=O) groups excluding carboxylic acids is 1. The number of rotatable bonds is 5. The van der Waals surface area contributed by atoms with Gasteiger partial charge in [-0.25, -0.2) is 9.59 Å². The molecule has 2 heterocycles. The van der Waals surface area contributed by atoms with E-state index in [2.05, 4.69) is 0 Å². The number of carbonyl (C=O) groups is 1. The maximum Gasteiger partial charge on any atom is 0.328 e. The number of aromatic hydroxyl groups is 1. The number of quaternary nitrogens is 1. The summed E-state index contributed by atoms with van der Waals surface area (Å²) >= 11 is 0. The molecule has 31 heavy (non-hydrogen) atoms. The molecule has 0 saturated heterocycles. The summed E-state index contributed by atoms with van der Waals surface area (Å²) < 4.78 is 0. The number of hydrogen-bond acceptors (Lipinski definition) is 9. The van der Waals surface area contributed by atoms with Crippen LogP contribution in [0.15, 0.2) is 43.4 Å². The summed E-state index contributed by atoms with van der Waals surface area (Å²) in [5.41, 5.74) is -7.26. The fourth-order valence-electron chi connectivity index (χ4n) is 2.81. The zero-order chi connectivity index (χ0) is 22.2. The van der Waals surface area contributed by atoms with Gasteiger partial charge in [0, 0.05) is 23.3 Å². The van der Waals surface area contributed by atoms with E-state index in [1.807, 2.05) is 4.98 Å². The molecule has 15 nitrogen and oxygen atoms in total. The molecule has 15 heteroatoms. The normalized spacial score (nSPS) is 11.4. The maximum absolute atomic E-state index is 13.1. The average Bonchev–Trinajstić information content (AvgIpc) is 2.64. The van der Waals surface area contributed by atoms with Crippen LogP contribution in [0.25, 0.3) is 0 Å². The molecule has 0 fully saturated rings. The number of nitro groups is 1. The van der Waals surface area contributed by atoms with Crippen molar-refractivity contribution in [3.63, 3.8) is 0 Å². The monoisotopic (exact) mass is 434 g/mol. The van der Waals surface area contributed by atoms with E-state index in [9.17, 15) is 44.3 Å². The maximum atomic E-state index is 13.1. The van der Waals surface area contributed by atoms with Crippen LogP contribution >= 0.6 is 0 Å². The van der Waals surface area contributed by atoms with E-state index in [1.165, 1.54) is 0 Å². The molecule has 0 amide bonds. The van der Waals surface area contributed by atoms with Crippen molar-refractivity contribution < 1.29 is 19.9 Å². The number of non-ortho nitro benzene ring substituents is 1. The summed E-state index contributed by atoms with van der Waals surface area (Å²) in [6.07, 6.45) is 0. The van der Waals surface area contributed by atoms with Gasteiger partial charge in [0.2, 0.25) is 5.88 Å². The summed E-state index contributed by atoms with van der Waals surface area (Å²) in [5.74, 6) is -5.55. The Morgan fingerprint density at radius 3 is 1.90 bits per heavy atom. The molecule has 0 aliphatic heterocycles. The fraction of sp³-hybridized carbons (Fsp3) is 0.0625. The molecule has 3 aromatic rings. The van der Waals surface area contributed by atoms with Gasteiger partial charge in [-0.2, -0.15) is 0 Å². The predicted molar refractivity (Wildman–Crippen MR) is 102 cm³/mol. The van der Waals surface area contributed by atoms with Crippen LogP contribution in [-0.2, 0) is 0 Å². The number of hydrogen-bond donors (Lipinski definition) is 6. The average molecular weight is 434 g/mol. The Morgan fingerprint density at radius 2 is 1.42 bits per heavy atom. The molecule has 9 N–H and O–H groups in total. The second kappa shape index (κ2) is 8.29. The van der Waals surface area contributed by atoms with Gasteiger partial charge in [0.1, 0.15) is 0 Å². The third-order valence-electron chi connectivity index (χ3n) is 4.10. The molecule has 2 aromatic heterocycles. The summed E-state index contributed by atoms with van der Waals surface area (Å²) in [6, 6.07) is 3.95.